The van der Waals surface area contributed by atoms with E-state index in [1.807, 2.05) is 19.2 Å². The maximum atomic E-state index is 6.11. The summed E-state index contributed by atoms with van der Waals surface area (Å²) in [7, 11) is 3.47. The highest BCUT2D eigenvalue weighted by atomic mass is 16.5. The number of aromatic nitrogens is 1. The maximum absolute atomic E-state index is 6.11. The number of pyridine rings is 1. The SMILES string of the molecule is CN=C(NCc1cccnc1OC)N1CCC(OCC2CCCCO2)CC1. The van der Waals surface area contributed by atoms with Gasteiger partial charge in [-0.05, 0) is 38.2 Å². The van der Waals surface area contributed by atoms with Crippen LogP contribution in [0, 0.1) is 0 Å². The molecule has 27 heavy (non-hydrogen) atoms. The number of piperidine rings is 1. The Kier molecular flexibility index (Phi) is 7.71. The van der Waals surface area contributed by atoms with Crippen molar-refractivity contribution in [3.8, 4) is 5.88 Å². The van der Waals surface area contributed by atoms with E-state index in [4.69, 9.17) is 14.2 Å². The predicted octanol–water partition coefficient (Wildman–Crippen LogP) is 2.22. The van der Waals surface area contributed by atoms with Crippen LogP contribution in [0.1, 0.15) is 37.7 Å². The van der Waals surface area contributed by atoms with Crippen molar-refractivity contribution in [3.05, 3.63) is 23.9 Å². The van der Waals surface area contributed by atoms with Gasteiger partial charge in [-0.15, -0.1) is 0 Å². The molecular formula is C20H32N4O3. The molecule has 1 N–H and O–H groups in total. The molecule has 1 aromatic heterocycles. The molecule has 1 unspecified atom stereocenters. The van der Waals surface area contributed by atoms with Crippen LogP contribution in [-0.4, -0.2) is 68.5 Å². The Labute approximate surface area is 162 Å². The Hall–Kier alpha value is -1.86. The Morgan fingerprint density at radius 2 is 2.19 bits per heavy atom. The first kappa shape index (κ1) is 19.9. The minimum atomic E-state index is 0.292. The predicted molar refractivity (Wildman–Crippen MR) is 105 cm³/mol. The number of likely N-dealkylation sites (tertiary alicyclic amines) is 1. The summed E-state index contributed by atoms with van der Waals surface area (Å²) in [5.74, 6) is 1.56. The summed E-state index contributed by atoms with van der Waals surface area (Å²) < 4.78 is 17.2. The van der Waals surface area contributed by atoms with Gasteiger partial charge in [-0.1, -0.05) is 6.07 Å². The van der Waals surface area contributed by atoms with Gasteiger partial charge in [-0.2, -0.15) is 0 Å². The molecule has 0 saturated carbocycles. The van der Waals surface area contributed by atoms with Crippen LogP contribution >= 0.6 is 0 Å². The largest absolute Gasteiger partial charge is 0.481 e. The fourth-order valence-corrected chi connectivity index (χ4v) is 3.67. The maximum Gasteiger partial charge on any atom is 0.218 e. The van der Waals surface area contributed by atoms with Crippen molar-refractivity contribution >= 4 is 5.96 Å². The molecular weight excluding hydrogens is 344 g/mol. The molecule has 0 aromatic carbocycles. The fraction of sp³-hybridized carbons (Fsp3) is 0.700. The number of nitrogens with one attached hydrogen (secondary N) is 1. The first-order chi connectivity index (χ1) is 13.3. The van der Waals surface area contributed by atoms with Gasteiger partial charge in [0.15, 0.2) is 5.96 Å². The van der Waals surface area contributed by atoms with E-state index in [-0.39, 0.29) is 0 Å². The van der Waals surface area contributed by atoms with Crippen LogP contribution in [0.15, 0.2) is 23.3 Å². The number of methoxy groups -OCH3 is 1. The van der Waals surface area contributed by atoms with Crippen molar-refractivity contribution in [2.45, 2.75) is 50.9 Å². The van der Waals surface area contributed by atoms with Gasteiger partial charge in [-0.3, -0.25) is 4.99 Å². The van der Waals surface area contributed by atoms with E-state index in [0.29, 0.717) is 24.6 Å². The van der Waals surface area contributed by atoms with Gasteiger partial charge in [0.2, 0.25) is 5.88 Å². The van der Waals surface area contributed by atoms with Crippen molar-refractivity contribution in [1.82, 2.24) is 15.2 Å². The number of ether oxygens (including phenoxy) is 3. The summed E-state index contributed by atoms with van der Waals surface area (Å²) in [6.07, 6.45) is 7.96. The first-order valence-corrected chi connectivity index (χ1v) is 9.97. The molecule has 150 valence electrons. The zero-order chi connectivity index (χ0) is 18.9. The molecule has 2 aliphatic rings. The highest BCUT2D eigenvalue weighted by molar-refractivity contribution is 5.80. The summed E-state index contributed by atoms with van der Waals surface area (Å²) in [5.41, 5.74) is 1.02. The Balaban J connectivity index is 1.41. The molecule has 0 radical (unpaired) electrons. The molecule has 0 spiro atoms. The molecule has 7 heteroatoms. The van der Waals surface area contributed by atoms with Gasteiger partial charge in [0, 0.05) is 45.0 Å². The Bertz CT molecular complexity index is 597. The molecule has 3 rings (SSSR count). The molecule has 2 saturated heterocycles. The van der Waals surface area contributed by atoms with Crippen LogP contribution < -0.4 is 10.1 Å². The van der Waals surface area contributed by atoms with Gasteiger partial charge >= 0.3 is 0 Å². The van der Waals surface area contributed by atoms with Crippen LogP contribution in [0.4, 0.5) is 0 Å². The molecule has 3 heterocycles. The summed E-state index contributed by atoms with van der Waals surface area (Å²) in [6, 6.07) is 3.93. The van der Waals surface area contributed by atoms with E-state index < -0.39 is 0 Å². The van der Waals surface area contributed by atoms with Crippen LogP contribution in [0.5, 0.6) is 5.88 Å². The van der Waals surface area contributed by atoms with Crippen molar-refractivity contribution in [3.63, 3.8) is 0 Å². The summed E-state index contributed by atoms with van der Waals surface area (Å²) in [6.45, 7) is 4.15. The summed E-state index contributed by atoms with van der Waals surface area (Å²) in [4.78, 5) is 11.0. The van der Waals surface area contributed by atoms with Crippen LogP contribution in [0.2, 0.25) is 0 Å². The van der Waals surface area contributed by atoms with E-state index in [1.54, 1.807) is 13.3 Å². The molecule has 1 atom stereocenters. The average molecular weight is 377 g/mol. The molecule has 7 nitrogen and oxygen atoms in total. The van der Waals surface area contributed by atoms with E-state index in [1.165, 1.54) is 12.8 Å². The van der Waals surface area contributed by atoms with E-state index in [2.05, 4.69) is 20.2 Å². The third-order valence-corrected chi connectivity index (χ3v) is 5.23. The highest BCUT2D eigenvalue weighted by Gasteiger charge is 2.23. The zero-order valence-corrected chi connectivity index (χ0v) is 16.5. The van der Waals surface area contributed by atoms with Crippen LogP contribution in [0.3, 0.4) is 0 Å². The molecule has 0 bridgehead atoms. The van der Waals surface area contributed by atoms with E-state index in [9.17, 15) is 0 Å². The standard InChI is InChI=1S/C20H32N4O3/c1-21-20(23-14-16-6-5-10-22-19(16)25-2)24-11-8-17(9-12-24)27-15-18-7-3-4-13-26-18/h5-6,10,17-18H,3-4,7-9,11-15H2,1-2H3,(H,21,23). The Morgan fingerprint density at radius 3 is 2.89 bits per heavy atom. The van der Waals surface area contributed by atoms with Gasteiger partial charge < -0.3 is 24.4 Å². The van der Waals surface area contributed by atoms with Crippen LogP contribution in [-0.2, 0) is 16.0 Å². The molecule has 2 fully saturated rings. The lowest BCUT2D eigenvalue weighted by molar-refractivity contribution is -0.0721. The average Bonchev–Trinajstić information content (AvgIpc) is 2.74. The van der Waals surface area contributed by atoms with Gasteiger partial charge in [0.25, 0.3) is 0 Å². The Morgan fingerprint density at radius 1 is 1.33 bits per heavy atom. The number of aliphatic imine (C=N–C) groups is 1. The van der Waals surface area contributed by atoms with E-state index >= 15 is 0 Å². The topological polar surface area (TPSA) is 68.2 Å². The lowest BCUT2D eigenvalue weighted by Gasteiger charge is -2.35. The second kappa shape index (κ2) is 10.5. The molecule has 0 amide bonds. The monoisotopic (exact) mass is 376 g/mol. The van der Waals surface area contributed by atoms with Crippen molar-refractivity contribution in [2.24, 2.45) is 4.99 Å². The molecule has 0 aliphatic carbocycles. The molecule has 2 aliphatic heterocycles. The minimum Gasteiger partial charge on any atom is -0.481 e. The van der Waals surface area contributed by atoms with Crippen LogP contribution in [0.25, 0.3) is 0 Å². The minimum absolute atomic E-state index is 0.292. The number of nitrogens with zero attached hydrogens (tertiary/aromatic N) is 3. The smallest absolute Gasteiger partial charge is 0.218 e. The highest BCUT2D eigenvalue weighted by Crippen LogP contribution is 2.18. The molecule has 1 aromatic rings. The number of guanidine groups is 1. The number of rotatable bonds is 6. The quantitative estimate of drug-likeness (QED) is 0.606. The fourth-order valence-electron chi connectivity index (χ4n) is 3.67. The van der Waals surface area contributed by atoms with Crippen molar-refractivity contribution in [1.29, 1.82) is 0 Å². The van der Waals surface area contributed by atoms with Gasteiger partial charge in [0.05, 0.1) is 25.9 Å². The number of hydrogen-bond donors (Lipinski definition) is 1. The van der Waals surface area contributed by atoms with Gasteiger partial charge in [-0.25, -0.2) is 4.98 Å². The van der Waals surface area contributed by atoms with Crippen molar-refractivity contribution < 1.29 is 14.2 Å². The first-order valence-electron chi connectivity index (χ1n) is 9.97. The van der Waals surface area contributed by atoms with Gasteiger partial charge in [0.1, 0.15) is 0 Å². The summed E-state index contributed by atoms with van der Waals surface area (Å²) >= 11 is 0. The van der Waals surface area contributed by atoms with E-state index in [0.717, 1.165) is 57.1 Å². The summed E-state index contributed by atoms with van der Waals surface area (Å²) in [5, 5.41) is 3.42. The third kappa shape index (κ3) is 5.81. The lowest BCUT2D eigenvalue weighted by atomic mass is 10.1. The second-order valence-corrected chi connectivity index (χ2v) is 7.08. The normalized spacial score (nSPS) is 21.9. The van der Waals surface area contributed by atoms with Crippen molar-refractivity contribution in [2.75, 3.05) is 40.5 Å². The third-order valence-electron chi connectivity index (χ3n) is 5.23. The second-order valence-electron chi connectivity index (χ2n) is 7.08. The number of hydrogen-bond acceptors (Lipinski definition) is 5. The zero-order valence-electron chi connectivity index (χ0n) is 16.5. The lowest BCUT2D eigenvalue weighted by Crippen LogP contribution is -2.47.